The van der Waals surface area contributed by atoms with Gasteiger partial charge in [0.05, 0.1) is 0 Å². The van der Waals surface area contributed by atoms with Gasteiger partial charge in [0.25, 0.3) is 0 Å². The summed E-state index contributed by atoms with van der Waals surface area (Å²) in [7, 11) is 0. The molecule has 6 heteroatoms. The van der Waals surface area contributed by atoms with Gasteiger partial charge >= 0.3 is 11.9 Å². The van der Waals surface area contributed by atoms with Crippen molar-refractivity contribution in [3.8, 4) is 0 Å². The van der Waals surface area contributed by atoms with E-state index < -0.39 is 33.5 Å². The number of rotatable bonds is 4. The van der Waals surface area contributed by atoms with Gasteiger partial charge in [-0.3, -0.25) is 9.59 Å². The topological polar surface area (TPSA) is 74.6 Å². The van der Waals surface area contributed by atoms with Crippen LogP contribution in [0.5, 0.6) is 0 Å². The number of aliphatic carboxylic acids is 2. The highest BCUT2D eigenvalue weighted by molar-refractivity contribution is 6.31. The Hall–Kier alpha value is -0.480. The van der Waals surface area contributed by atoms with Crippen LogP contribution in [0.2, 0.25) is 0 Å². The average molecular weight is 335 g/mol. The van der Waals surface area contributed by atoms with Gasteiger partial charge in [0.1, 0.15) is 10.8 Å². The van der Waals surface area contributed by atoms with Crippen LogP contribution in [0.4, 0.5) is 0 Å². The summed E-state index contributed by atoms with van der Waals surface area (Å²) in [6.07, 6.45) is 4.65. The average Bonchev–Trinajstić information content (AvgIpc) is 2.33. The summed E-state index contributed by atoms with van der Waals surface area (Å²) in [6.45, 7) is 2.14. The maximum absolute atomic E-state index is 11.4. The molecule has 4 aliphatic carbocycles. The molecule has 4 saturated carbocycles. The van der Waals surface area contributed by atoms with Crippen molar-refractivity contribution in [1.82, 2.24) is 0 Å². The first-order chi connectivity index (χ1) is 9.61. The van der Waals surface area contributed by atoms with E-state index in [9.17, 15) is 19.8 Å². The van der Waals surface area contributed by atoms with Crippen molar-refractivity contribution in [1.29, 1.82) is 0 Å². The summed E-state index contributed by atoms with van der Waals surface area (Å²) in [5.74, 6) is -1.66. The third-order valence-corrected chi connectivity index (χ3v) is 7.24. The molecule has 0 spiro atoms. The van der Waals surface area contributed by atoms with Crippen LogP contribution in [-0.2, 0) is 9.59 Å². The highest BCUT2D eigenvalue weighted by atomic mass is 35.5. The van der Waals surface area contributed by atoms with Crippen LogP contribution in [0.15, 0.2) is 0 Å². The lowest BCUT2D eigenvalue weighted by molar-refractivity contribution is -0.173. The lowest BCUT2D eigenvalue weighted by Gasteiger charge is -2.67. The summed E-state index contributed by atoms with van der Waals surface area (Å²) in [5, 5.41) is 16.8. The molecule has 4 nitrogen and oxygen atoms in total. The maximum Gasteiger partial charge on any atom is 0.322 e. The van der Waals surface area contributed by atoms with Crippen molar-refractivity contribution in [3.63, 3.8) is 0 Å². The van der Waals surface area contributed by atoms with Crippen LogP contribution in [0.25, 0.3) is 0 Å². The van der Waals surface area contributed by atoms with Gasteiger partial charge in [-0.2, -0.15) is 0 Å². The Morgan fingerprint density at radius 2 is 1.38 bits per heavy atom. The van der Waals surface area contributed by atoms with E-state index in [1.165, 1.54) is 0 Å². The first-order valence-electron chi connectivity index (χ1n) is 7.35. The predicted octanol–water partition coefficient (Wildman–Crippen LogP) is 3.35. The Labute approximate surface area is 133 Å². The second kappa shape index (κ2) is 4.51. The Morgan fingerprint density at radius 3 is 1.71 bits per heavy atom. The van der Waals surface area contributed by atoms with Crippen LogP contribution in [-0.4, -0.2) is 32.9 Å². The van der Waals surface area contributed by atoms with Gasteiger partial charge in [-0.15, -0.1) is 23.2 Å². The number of hydrogen-bond donors (Lipinski definition) is 2. The molecule has 0 radical (unpaired) electrons. The molecular formula is C15H20Cl2O4. The number of carboxylic acids is 2. The van der Waals surface area contributed by atoms with Crippen molar-refractivity contribution in [2.24, 2.45) is 22.2 Å². The van der Waals surface area contributed by atoms with Gasteiger partial charge in [-0.05, 0) is 60.7 Å². The molecule has 0 amide bonds. The van der Waals surface area contributed by atoms with Crippen molar-refractivity contribution < 1.29 is 19.8 Å². The van der Waals surface area contributed by atoms with Gasteiger partial charge in [0.15, 0.2) is 0 Å². The molecule has 4 bridgehead atoms. The molecule has 4 fully saturated rings. The standard InChI is InChI=1S/C15H20Cl2O4/c1-13-2-8-3-14(5-13,9(16)11(18)19)7-15(4-8,6-13)10(17)12(20)21/h8-10H,2-7H2,1H3,(H,18,19)(H,20,21)/t8?,9-,10-,13?,14-,15-/m1/s1. The Kier molecular flexibility index (Phi) is 3.31. The van der Waals surface area contributed by atoms with Crippen molar-refractivity contribution in [3.05, 3.63) is 0 Å². The molecule has 0 aromatic carbocycles. The van der Waals surface area contributed by atoms with Crippen molar-refractivity contribution in [2.45, 2.75) is 56.2 Å². The number of carboxylic acid groups (broad SMARTS) is 2. The number of hydrogen-bond acceptors (Lipinski definition) is 2. The van der Waals surface area contributed by atoms with Crippen LogP contribution in [0.1, 0.15) is 45.4 Å². The summed E-state index contributed by atoms with van der Waals surface area (Å²) >= 11 is 12.5. The maximum atomic E-state index is 11.4. The minimum atomic E-state index is -1.00. The second-order valence-corrected chi connectivity index (χ2v) is 8.82. The van der Waals surface area contributed by atoms with Gasteiger partial charge in [0, 0.05) is 0 Å². The zero-order valence-electron chi connectivity index (χ0n) is 11.9. The lowest BCUT2D eigenvalue weighted by Crippen LogP contribution is -2.62. The number of alkyl halides is 2. The normalized spacial score (nSPS) is 47.1. The molecule has 4 atom stereocenters. The van der Waals surface area contributed by atoms with Gasteiger partial charge in [-0.1, -0.05) is 6.92 Å². The van der Waals surface area contributed by atoms with Crippen molar-refractivity contribution >= 4 is 35.1 Å². The molecule has 0 saturated heterocycles. The monoisotopic (exact) mass is 334 g/mol. The van der Waals surface area contributed by atoms with E-state index in [1.807, 2.05) is 0 Å². The summed E-state index contributed by atoms with van der Waals surface area (Å²) in [6, 6.07) is 0. The third kappa shape index (κ3) is 2.17. The number of halogens is 2. The first kappa shape index (κ1) is 15.4. The smallest absolute Gasteiger partial charge is 0.322 e. The van der Waals surface area contributed by atoms with Crippen LogP contribution < -0.4 is 0 Å². The molecule has 2 N–H and O–H groups in total. The Bertz CT molecular complexity index is 470. The summed E-state index contributed by atoms with van der Waals surface area (Å²) in [5.41, 5.74) is -1.06. The van der Waals surface area contributed by atoms with Crippen LogP contribution >= 0.6 is 23.2 Å². The minimum absolute atomic E-state index is 0.0371. The molecule has 118 valence electrons. The van der Waals surface area contributed by atoms with E-state index >= 15 is 0 Å². The summed E-state index contributed by atoms with van der Waals surface area (Å²) in [4.78, 5) is 22.9. The molecule has 0 aromatic heterocycles. The van der Waals surface area contributed by atoms with E-state index in [4.69, 9.17) is 23.2 Å². The first-order valence-corrected chi connectivity index (χ1v) is 8.23. The fourth-order valence-corrected chi connectivity index (χ4v) is 6.66. The molecule has 0 unspecified atom stereocenters. The molecule has 4 rings (SSSR count). The van der Waals surface area contributed by atoms with Crippen molar-refractivity contribution in [2.75, 3.05) is 0 Å². The fourth-order valence-electron chi connectivity index (χ4n) is 6.17. The van der Waals surface area contributed by atoms with E-state index in [1.54, 1.807) is 0 Å². The zero-order chi connectivity index (χ0) is 15.6. The van der Waals surface area contributed by atoms with Gasteiger partial charge in [0.2, 0.25) is 0 Å². The van der Waals surface area contributed by atoms with Gasteiger partial charge < -0.3 is 10.2 Å². The Morgan fingerprint density at radius 1 is 0.952 bits per heavy atom. The molecular weight excluding hydrogens is 315 g/mol. The third-order valence-electron chi connectivity index (χ3n) is 5.94. The zero-order valence-corrected chi connectivity index (χ0v) is 13.5. The molecule has 0 aromatic rings. The van der Waals surface area contributed by atoms with E-state index in [0.717, 1.165) is 32.1 Å². The SMILES string of the molecule is CC12CC3C[C@@]([C@H](Cl)C(=O)O)(C1)C[C@@]([C@H](Cl)C(=O)O)(C3)C2. The van der Waals surface area contributed by atoms with Crippen LogP contribution in [0.3, 0.4) is 0 Å². The number of carbonyl (C=O) groups is 2. The lowest BCUT2D eigenvalue weighted by atomic mass is 9.38. The largest absolute Gasteiger partial charge is 0.480 e. The Balaban J connectivity index is 2.03. The van der Waals surface area contributed by atoms with E-state index in [-0.39, 0.29) is 5.41 Å². The van der Waals surface area contributed by atoms with Crippen LogP contribution in [0, 0.1) is 22.2 Å². The fraction of sp³-hybridized carbons (Fsp3) is 0.867. The predicted molar refractivity (Wildman–Crippen MR) is 78.7 cm³/mol. The quantitative estimate of drug-likeness (QED) is 0.773. The van der Waals surface area contributed by atoms with E-state index in [2.05, 4.69) is 6.92 Å². The second-order valence-electron chi connectivity index (χ2n) is 7.95. The minimum Gasteiger partial charge on any atom is -0.480 e. The highest BCUT2D eigenvalue weighted by Crippen LogP contribution is 2.72. The molecule has 4 aliphatic rings. The molecule has 21 heavy (non-hydrogen) atoms. The molecule has 0 aliphatic heterocycles. The van der Waals surface area contributed by atoms with E-state index in [0.29, 0.717) is 12.3 Å². The molecule has 0 heterocycles. The summed E-state index contributed by atoms with van der Waals surface area (Å²) < 4.78 is 0. The highest BCUT2D eigenvalue weighted by Gasteiger charge is 2.67. The van der Waals surface area contributed by atoms with Gasteiger partial charge in [-0.25, -0.2) is 0 Å².